The van der Waals surface area contributed by atoms with Gasteiger partial charge in [-0.1, -0.05) is 29.8 Å². The average Bonchev–Trinajstić information content (AvgIpc) is 3.40. The van der Waals surface area contributed by atoms with Crippen molar-refractivity contribution in [3.8, 4) is 23.1 Å². The summed E-state index contributed by atoms with van der Waals surface area (Å²) in [6.45, 7) is 5.64. The highest BCUT2D eigenvalue weighted by molar-refractivity contribution is 6.30. The summed E-state index contributed by atoms with van der Waals surface area (Å²) in [4.78, 5) is 22.7. The molecule has 0 aliphatic carbocycles. The molecule has 1 N–H and O–H groups in total. The number of nitrogens with zero attached hydrogens (tertiary/aromatic N) is 4. The molecule has 3 aromatic rings. The van der Waals surface area contributed by atoms with Crippen molar-refractivity contribution in [3.05, 3.63) is 76.9 Å². The minimum Gasteiger partial charge on any atom is -0.493 e. The van der Waals surface area contributed by atoms with Crippen LogP contribution in [0.2, 0.25) is 5.02 Å². The van der Waals surface area contributed by atoms with E-state index in [9.17, 15) is 10.1 Å². The number of aromatic nitrogens is 1. The molecule has 0 saturated carbocycles. The number of halogens is 1. The van der Waals surface area contributed by atoms with E-state index in [1.807, 2.05) is 55.6 Å². The molecule has 2 fully saturated rings. The van der Waals surface area contributed by atoms with Crippen molar-refractivity contribution >= 4 is 23.2 Å². The monoisotopic (exact) mass is 543 g/mol. The van der Waals surface area contributed by atoms with Crippen LogP contribution in [0.25, 0.3) is 11.3 Å². The Morgan fingerprint density at radius 2 is 1.97 bits per heavy atom. The number of nitrogens with one attached hydrogen (secondary N) is 1. The van der Waals surface area contributed by atoms with Crippen molar-refractivity contribution < 1.29 is 9.53 Å². The van der Waals surface area contributed by atoms with Crippen molar-refractivity contribution in [2.45, 2.75) is 31.7 Å². The lowest BCUT2D eigenvalue weighted by Gasteiger charge is -2.44. The summed E-state index contributed by atoms with van der Waals surface area (Å²) in [7, 11) is 2.06. The SMILES string of the molecule is CCOc1ccccc1-c1ccc(C2(NC(=O)[C@H]3CCN(C)C3)CCN(c3ccc(Cl)cc3C#N)CC2)cn1. The van der Waals surface area contributed by atoms with Gasteiger partial charge in [0.2, 0.25) is 5.91 Å². The fourth-order valence-corrected chi connectivity index (χ4v) is 5.94. The van der Waals surface area contributed by atoms with E-state index >= 15 is 0 Å². The van der Waals surface area contributed by atoms with Gasteiger partial charge in [0.1, 0.15) is 11.8 Å². The van der Waals surface area contributed by atoms with Gasteiger partial charge in [-0.2, -0.15) is 5.26 Å². The molecule has 1 aromatic heterocycles. The standard InChI is InChI=1S/C31H34ClN5O2/c1-3-39-29-7-5-4-6-26(29)27-10-8-24(20-34-27)31(35-30(38)22-12-15-36(2)21-22)13-16-37(17-14-31)28-11-9-25(32)18-23(28)19-33/h4-11,18,20,22H,3,12-17,21H2,1-2H3,(H,35,38)/t22-/m0/s1. The van der Waals surface area contributed by atoms with Gasteiger partial charge < -0.3 is 19.9 Å². The van der Waals surface area contributed by atoms with E-state index in [2.05, 4.69) is 34.3 Å². The van der Waals surface area contributed by atoms with Crippen molar-refractivity contribution in [3.63, 3.8) is 0 Å². The number of ether oxygens (including phenoxy) is 1. The fourth-order valence-electron chi connectivity index (χ4n) is 5.77. The van der Waals surface area contributed by atoms with Crippen LogP contribution in [0.5, 0.6) is 5.75 Å². The van der Waals surface area contributed by atoms with Gasteiger partial charge in [0.25, 0.3) is 0 Å². The van der Waals surface area contributed by atoms with Crippen LogP contribution in [-0.4, -0.2) is 55.6 Å². The van der Waals surface area contributed by atoms with E-state index in [0.717, 1.165) is 47.8 Å². The number of amides is 1. The van der Waals surface area contributed by atoms with E-state index in [-0.39, 0.29) is 11.8 Å². The third-order valence-corrected chi connectivity index (χ3v) is 8.18. The lowest BCUT2D eigenvalue weighted by molar-refractivity contribution is -0.127. The molecule has 1 atom stereocenters. The van der Waals surface area contributed by atoms with Crippen LogP contribution in [0.1, 0.15) is 37.3 Å². The predicted molar refractivity (Wildman–Crippen MR) is 154 cm³/mol. The molecule has 2 aliphatic rings. The maximum Gasteiger partial charge on any atom is 0.225 e. The molecule has 2 aromatic carbocycles. The second-order valence-electron chi connectivity index (χ2n) is 10.4. The number of benzene rings is 2. The van der Waals surface area contributed by atoms with Gasteiger partial charge in [-0.25, -0.2) is 0 Å². The molecule has 7 nitrogen and oxygen atoms in total. The predicted octanol–water partition coefficient (Wildman–Crippen LogP) is 5.24. The minimum absolute atomic E-state index is 0.0170. The van der Waals surface area contributed by atoms with Crippen LogP contribution < -0.4 is 15.0 Å². The highest BCUT2D eigenvalue weighted by Crippen LogP contribution is 2.38. The normalized spacial score (nSPS) is 18.9. The number of likely N-dealkylation sites (tertiary alicyclic amines) is 1. The second kappa shape index (κ2) is 11.6. The third-order valence-electron chi connectivity index (χ3n) is 7.94. The van der Waals surface area contributed by atoms with Gasteiger partial charge in [0, 0.05) is 36.4 Å². The van der Waals surface area contributed by atoms with Crippen molar-refractivity contribution in [1.82, 2.24) is 15.2 Å². The van der Waals surface area contributed by atoms with Gasteiger partial charge in [-0.05, 0) is 81.7 Å². The zero-order chi connectivity index (χ0) is 27.4. The van der Waals surface area contributed by atoms with E-state index in [4.69, 9.17) is 21.3 Å². The topological polar surface area (TPSA) is 81.5 Å². The Bertz CT molecular complexity index is 1360. The number of nitriles is 1. The molecule has 2 saturated heterocycles. The highest BCUT2D eigenvalue weighted by Gasteiger charge is 2.40. The number of carbonyl (C=O) groups is 1. The number of rotatable bonds is 7. The molecule has 2 aliphatic heterocycles. The van der Waals surface area contributed by atoms with E-state index in [1.54, 1.807) is 6.07 Å². The number of piperidine rings is 1. The summed E-state index contributed by atoms with van der Waals surface area (Å²) >= 11 is 6.14. The van der Waals surface area contributed by atoms with Crippen LogP contribution in [-0.2, 0) is 10.3 Å². The molecular weight excluding hydrogens is 510 g/mol. The zero-order valence-corrected chi connectivity index (χ0v) is 23.2. The van der Waals surface area contributed by atoms with Crippen LogP contribution in [0.4, 0.5) is 5.69 Å². The summed E-state index contributed by atoms with van der Waals surface area (Å²) in [5.41, 5.74) is 3.67. The molecule has 0 spiro atoms. The maximum atomic E-state index is 13.5. The van der Waals surface area contributed by atoms with Gasteiger partial charge in [0.15, 0.2) is 0 Å². The van der Waals surface area contributed by atoms with Crippen LogP contribution in [0.3, 0.4) is 0 Å². The largest absolute Gasteiger partial charge is 0.493 e. The number of anilines is 1. The Hall–Kier alpha value is -3.60. The van der Waals surface area contributed by atoms with Gasteiger partial charge in [-0.3, -0.25) is 9.78 Å². The molecular formula is C31H34ClN5O2. The first-order valence-electron chi connectivity index (χ1n) is 13.6. The summed E-state index contributed by atoms with van der Waals surface area (Å²) in [6.07, 6.45) is 4.17. The zero-order valence-electron chi connectivity index (χ0n) is 22.5. The van der Waals surface area contributed by atoms with Crippen molar-refractivity contribution in [2.24, 2.45) is 5.92 Å². The molecule has 8 heteroatoms. The Morgan fingerprint density at radius 1 is 1.18 bits per heavy atom. The molecule has 0 unspecified atom stereocenters. The van der Waals surface area contributed by atoms with Gasteiger partial charge in [-0.15, -0.1) is 0 Å². The molecule has 0 bridgehead atoms. The Kier molecular flexibility index (Phi) is 8.06. The van der Waals surface area contributed by atoms with E-state index in [1.165, 1.54) is 0 Å². The molecule has 0 radical (unpaired) electrons. The first kappa shape index (κ1) is 27.0. The summed E-state index contributed by atoms with van der Waals surface area (Å²) in [6, 6.07) is 19.7. The van der Waals surface area contributed by atoms with E-state index in [0.29, 0.717) is 43.1 Å². The fraction of sp³-hybridized carbons (Fsp3) is 0.387. The third kappa shape index (κ3) is 5.73. The number of para-hydroxylation sites is 1. The molecule has 1 amide bonds. The minimum atomic E-state index is -0.543. The maximum absolute atomic E-state index is 13.5. The first-order chi connectivity index (χ1) is 18.9. The quantitative estimate of drug-likeness (QED) is 0.439. The highest BCUT2D eigenvalue weighted by atomic mass is 35.5. The molecule has 5 rings (SSSR count). The second-order valence-corrected chi connectivity index (χ2v) is 10.9. The van der Waals surface area contributed by atoms with Crippen LogP contribution in [0.15, 0.2) is 60.8 Å². The first-order valence-corrected chi connectivity index (χ1v) is 13.9. The molecule has 3 heterocycles. The average molecular weight is 544 g/mol. The smallest absolute Gasteiger partial charge is 0.225 e. The van der Waals surface area contributed by atoms with Crippen LogP contribution >= 0.6 is 11.6 Å². The lowest BCUT2D eigenvalue weighted by atomic mass is 9.80. The lowest BCUT2D eigenvalue weighted by Crippen LogP contribution is -2.54. The van der Waals surface area contributed by atoms with Crippen LogP contribution in [0, 0.1) is 17.2 Å². The number of hydrogen-bond donors (Lipinski definition) is 1. The van der Waals surface area contributed by atoms with Gasteiger partial charge >= 0.3 is 0 Å². The van der Waals surface area contributed by atoms with Gasteiger partial charge in [0.05, 0.1) is 35.0 Å². The van der Waals surface area contributed by atoms with E-state index < -0.39 is 5.54 Å². The van der Waals surface area contributed by atoms with Crippen molar-refractivity contribution in [1.29, 1.82) is 5.26 Å². The summed E-state index contributed by atoms with van der Waals surface area (Å²) in [5.74, 6) is 0.887. The Balaban J connectivity index is 1.43. The number of pyridine rings is 1. The number of hydrogen-bond acceptors (Lipinski definition) is 6. The summed E-state index contributed by atoms with van der Waals surface area (Å²) in [5, 5.41) is 13.7. The number of carbonyl (C=O) groups excluding carboxylic acids is 1. The molecule has 202 valence electrons. The van der Waals surface area contributed by atoms with Crippen molar-refractivity contribution in [2.75, 3.05) is 44.7 Å². The Morgan fingerprint density at radius 3 is 2.64 bits per heavy atom. The summed E-state index contributed by atoms with van der Waals surface area (Å²) < 4.78 is 5.82. The Labute approximate surface area is 235 Å². The molecule has 39 heavy (non-hydrogen) atoms.